The number of nitro groups is 1. The molecular weight excluding hydrogens is 430 g/mol. The molecule has 1 atom stereocenters. The minimum atomic E-state index is -0.652. The Morgan fingerprint density at radius 1 is 1.09 bits per heavy atom. The molecule has 0 amide bonds. The van der Waals surface area contributed by atoms with E-state index in [1.54, 1.807) is 24.3 Å². The van der Waals surface area contributed by atoms with Gasteiger partial charge in [0.2, 0.25) is 17.3 Å². The number of anilines is 1. The highest BCUT2D eigenvalue weighted by Gasteiger charge is 2.28. The van der Waals surface area contributed by atoms with Gasteiger partial charge in [-0.1, -0.05) is 36.9 Å². The molecule has 3 heterocycles. The second kappa shape index (κ2) is 8.31. The van der Waals surface area contributed by atoms with Crippen LogP contribution in [0.3, 0.4) is 0 Å². The van der Waals surface area contributed by atoms with E-state index in [2.05, 4.69) is 20.5 Å². The molecule has 32 heavy (non-hydrogen) atoms. The van der Waals surface area contributed by atoms with E-state index in [1.165, 1.54) is 23.9 Å². The quantitative estimate of drug-likeness (QED) is 0.246. The van der Waals surface area contributed by atoms with Crippen molar-refractivity contribution in [2.75, 3.05) is 11.1 Å². The van der Waals surface area contributed by atoms with Crippen molar-refractivity contribution < 1.29 is 14.1 Å². The average Bonchev–Trinajstić information content (AvgIpc) is 3.24. The number of ether oxygens (including phenoxy) is 1. The summed E-state index contributed by atoms with van der Waals surface area (Å²) in [7, 11) is 0. The van der Waals surface area contributed by atoms with Crippen molar-refractivity contribution in [1.29, 1.82) is 0 Å². The molecule has 0 saturated carbocycles. The third-order valence-electron chi connectivity index (χ3n) is 4.85. The van der Waals surface area contributed by atoms with Gasteiger partial charge in [0.1, 0.15) is 5.76 Å². The fraction of sp³-hybridized carbons (Fsp3) is 0.136. The molecule has 0 saturated heterocycles. The van der Waals surface area contributed by atoms with E-state index in [1.807, 2.05) is 31.2 Å². The molecule has 0 radical (unpaired) electrons. The highest BCUT2D eigenvalue weighted by molar-refractivity contribution is 7.99. The largest absolute Gasteiger partial charge is 0.455 e. The summed E-state index contributed by atoms with van der Waals surface area (Å²) in [4.78, 5) is 15.0. The monoisotopic (exact) mass is 447 g/mol. The fourth-order valence-electron chi connectivity index (χ4n) is 3.36. The number of hydrogen-bond donors (Lipinski definition) is 1. The molecule has 0 unspecified atom stereocenters. The Balaban J connectivity index is 1.51. The molecule has 4 aromatic rings. The van der Waals surface area contributed by atoms with Crippen LogP contribution in [0.1, 0.15) is 18.9 Å². The van der Waals surface area contributed by atoms with Crippen molar-refractivity contribution in [3.05, 3.63) is 76.5 Å². The topological polar surface area (TPSA) is 116 Å². The van der Waals surface area contributed by atoms with Crippen LogP contribution in [0.5, 0.6) is 5.88 Å². The number of fused-ring (bicyclic) bond motifs is 3. The lowest BCUT2D eigenvalue weighted by Crippen LogP contribution is -2.16. The summed E-state index contributed by atoms with van der Waals surface area (Å²) < 4.78 is 12.2. The van der Waals surface area contributed by atoms with Gasteiger partial charge < -0.3 is 14.5 Å². The predicted molar refractivity (Wildman–Crippen MR) is 119 cm³/mol. The van der Waals surface area contributed by atoms with E-state index < -0.39 is 11.2 Å². The first kappa shape index (κ1) is 20.0. The number of nitro benzene ring substituents is 1. The molecule has 0 fully saturated rings. The molecule has 0 spiro atoms. The zero-order chi connectivity index (χ0) is 22.1. The molecule has 1 N–H and O–H groups in total. The Morgan fingerprint density at radius 2 is 1.91 bits per heavy atom. The zero-order valence-electron chi connectivity index (χ0n) is 16.9. The van der Waals surface area contributed by atoms with Gasteiger partial charge in [-0.2, -0.15) is 4.98 Å². The lowest BCUT2D eigenvalue weighted by Gasteiger charge is -2.16. The van der Waals surface area contributed by atoms with Crippen molar-refractivity contribution in [1.82, 2.24) is 15.2 Å². The van der Waals surface area contributed by atoms with E-state index in [0.717, 1.165) is 22.6 Å². The van der Waals surface area contributed by atoms with Gasteiger partial charge in [-0.25, -0.2) is 0 Å². The van der Waals surface area contributed by atoms with Gasteiger partial charge in [-0.3, -0.25) is 10.1 Å². The van der Waals surface area contributed by atoms with Crippen molar-refractivity contribution in [2.45, 2.75) is 18.3 Å². The number of furan rings is 1. The number of nitrogens with zero attached hydrogens (tertiary/aromatic N) is 4. The third kappa shape index (κ3) is 3.76. The minimum absolute atomic E-state index is 0.0236. The van der Waals surface area contributed by atoms with Gasteiger partial charge in [0.15, 0.2) is 11.5 Å². The Bertz CT molecular complexity index is 1290. The first-order chi connectivity index (χ1) is 15.6. The van der Waals surface area contributed by atoms with Gasteiger partial charge >= 0.3 is 0 Å². The molecule has 0 bridgehead atoms. The van der Waals surface area contributed by atoms with E-state index >= 15 is 0 Å². The summed E-state index contributed by atoms with van der Waals surface area (Å²) in [6.07, 6.45) is -0.652. The number of para-hydroxylation sites is 1. The third-order valence-corrected chi connectivity index (χ3v) is 5.57. The molecule has 1 aliphatic heterocycles. The number of aromatic nitrogens is 3. The number of thioether (sulfide) groups is 1. The summed E-state index contributed by atoms with van der Waals surface area (Å²) >= 11 is 1.48. The van der Waals surface area contributed by atoms with Crippen LogP contribution in [0.2, 0.25) is 0 Å². The molecule has 160 valence electrons. The smallest absolute Gasteiger partial charge is 0.269 e. The van der Waals surface area contributed by atoms with Crippen molar-refractivity contribution in [3.63, 3.8) is 0 Å². The number of hydrogen-bond acceptors (Lipinski definition) is 9. The highest BCUT2D eigenvalue weighted by atomic mass is 32.2. The highest BCUT2D eigenvalue weighted by Crippen LogP contribution is 2.40. The fourth-order valence-corrected chi connectivity index (χ4v) is 3.87. The minimum Gasteiger partial charge on any atom is -0.455 e. The van der Waals surface area contributed by atoms with Crippen molar-refractivity contribution >= 4 is 23.1 Å². The van der Waals surface area contributed by atoms with Gasteiger partial charge in [-0.15, -0.1) is 10.2 Å². The molecule has 2 aromatic carbocycles. The molecule has 1 aliphatic rings. The van der Waals surface area contributed by atoms with Gasteiger partial charge in [0.25, 0.3) is 5.69 Å². The molecule has 10 heteroatoms. The number of rotatable bonds is 5. The SMILES string of the molecule is CCSc1nnc2c(n1)O[C@@H](c1ccc(-c3ccc([N+](=O)[O-])cc3)o1)Nc1ccccc1-2. The van der Waals surface area contributed by atoms with E-state index in [-0.39, 0.29) is 5.69 Å². The maximum absolute atomic E-state index is 10.9. The maximum atomic E-state index is 10.9. The van der Waals surface area contributed by atoms with Crippen molar-refractivity contribution in [2.24, 2.45) is 0 Å². The van der Waals surface area contributed by atoms with Crippen LogP contribution in [0.15, 0.2) is 70.2 Å². The Labute approximate surface area is 187 Å². The molecule has 2 aromatic heterocycles. The van der Waals surface area contributed by atoms with Crippen LogP contribution in [-0.4, -0.2) is 25.9 Å². The first-order valence-corrected chi connectivity index (χ1v) is 10.9. The zero-order valence-corrected chi connectivity index (χ0v) is 17.7. The Hall–Kier alpha value is -3.92. The van der Waals surface area contributed by atoms with Crippen molar-refractivity contribution in [3.8, 4) is 28.5 Å². The molecule has 0 aliphatic carbocycles. The summed E-state index contributed by atoms with van der Waals surface area (Å²) in [6, 6.07) is 17.5. The normalized spacial score (nSPS) is 14.5. The summed E-state index contributed by atoms with van der Waals surface area (Å²) in [6.45, 7) is 2.02. The predicted octanol–water partition coefficient (Wildman–Crippen LogP) is 5.32. The van der Waals surface area contributed by atoms with Crippen LogP contribution in [0, 0.1) is 10.1 Å². The van der Waals surface area contributed by atoms with E-state index in [0.29, 0.717) is 28.3 Å². The molecular formula is C22H17N5O4S. The lowest BCUT2D eigenvalue weighted by molar-refractivity contribution is -0.384. The molecule has 5 rings (SSSR count). The Morgan fingerprint density at radius 3 is 2.69 bits per heavy atom. The Kier molecular flexibility index (Phi) is 5.20. The summed E-state index contributed by atoms with van der Waals surface area (Å²) in [5.41, 5.74) is 2.95. The van der Waals surface area contributed by atoms with E-state index in [4.69, 9.17) is 9.15 Å². The summed E-state index contributed by atoms with van der Waals surface area (Å²) in [5, 5.41) is 23.3. The second-order valence-corrected chi connectivity index (χ2v) is 8.11. The summed E-state index contributed by atoms with van der Waals surface area (Å²) in [5.74, 6) is 2.28. The average molecular weight is 447 g/mol. The van der Waals surface area contributed by atoms with Gasteiger partial charge in [-0.05, 0) is 36.1 Å². The van der Waals surface area contributed by atoms with Gasteiger partial charge in [0, 0.05) is 28.9 Å². The second-order valence-electron chi connectivity index (χ2n) is 6.87. The van der Waals surface area contributed by atoms with Crippen LogP contribution in [0.25, 0.3) is 22.6 Å². The van der Waals surface area contributed by atoms with Crippen LogP contribution < -0.4 is 10.1 Å². The first-order valence-electron chi connectivity index (χ1n) is 9.87. The van der Waals surface area contributed by atoms with Gasteiger partial charge in [0.05, 0.1) is 4.92 Å². The van der Waals surface area contributed by atoms with Crippen LogP contribution >= 0.6 is 11.8 Å². The number of nitrogens with one attached hydrogen (secondary N) is 1. The van der Waals surface area contributed by atoms with Crippen LogP contribution in [0.4, 0.5) is 11.4 Å². The number of non-ortho nitro benzene ring substituents is 1. The maximum Gasteiger partial charge on any atom is 0.269 e. The lowest BCUT2D eigenvalue weighted by atomic mass is 10.1. The molecule has 9 nitrogen and oxygen atoms in total. The standard InChI is InChI=1S/C22H17N5O4S/c1-2-32-22-24-21-19(25-26-22)15-5-3-4-6-16(15)23-20(31-21)18-12-11-17(30-18)13-7-9-14(10-8-13)27(28)29/h3-12,20,23H,2H2,1H3/t20-/m0/s1. The van der Waals surface area contributed by atoms with Crippen LogP contribution in [-0.2, 0) is 0 Å². The number of benzene rings is 2. The van der Waals surface area contributed by atoms with E-state index in [9.17, 15) is 10.1 Å².